The average molecular weight is 278 g/mol. The average Bonchev–Trinajstić information content (AvgIpc) is 2.82. The molecule has 0 fully saturated rings. The van der Waals surface area contributed by atoms with Crippen LogP contribution in [0.15, 0.2) is 35.6 Å². The summed E-state index contributed by atoms with van der Waals surface area (Å²) in [6.45, 7) is 2.81. The Bertz CT molecular complexity index is 523. The minimum Gasteiger partial charge on any atom is -0.497 e. The largest absolute Gasteiger partial charge is 0.497 e. The van der Waals surface area contributed by atoms with E-state index in [0.717, 1.165) is 27.9 Å². The Balaban J connectivity index is 2.22. The number of ether oxygens (including phenoxy) is 1. The molecule has 0 aliphatic heterocycles. The molecule has 0 saturated carbocycles. The van der Waals surface area contributed by atoms with Gasteiger partial charge in [-0.15, -0.1) is 0 Å². The number of benzene rings is 1. The van der Waals surface area contributed by atoms with E-state index in [1.165, 1.54) is 0 Å². The smallest absolute Gasteiger partial charge is 0.168 e. The molecule has 1 aromatic heterocycles. The van der Waals surface area contributed by atoms with Gasteiger partial charge in [0.15, 0.2) is 5.16 Å². The van der Waals surface area contributed by atoms with Crippen molar-refractivity contribution >= 4 is 11.8 Å². The topological polar surface area (TPSA) is 47.3 Å². The highest BCUT2D eigenvalue weighted by Crippen LogP contribution is 2.21. The molecule has 19 heavy (non-hydrogen) atoms. The van der Waals surface area contributed by atoms with E-state index in [-0.39, 0.29) is 6.61 Å². The molecule has 4 nitrogen and oxygen atoms in total. The van der Waals surface area contributed by atoms with Gasteiger partial charge in [0, 0.05) is 6.54 Å². The number of imidazole rings is 1. The molecule has 102 valence electrons. The lowest BCUT2D eigenvalue weighted by atomic mass is 10.2. The van der Waals surface area contributed by atoms with Gasteiger partial charge in [-0.2, -0.15) is 0 Å². The molecule has 1 aromatic carbocycles. The molecule has 2 aromatic rings. The molecule has 0 spiro atoms. The summed E-state index contributed by atoms with van der Waals surface area (Å²) in [6, 6.07) is 7.94. The van der Waals surface area contributed by atoms with Crippen molar-refractivity contribution in [1.82, 2.24) is 9.55 Å². The van der Waals surface area contributed by atoms with Crippen molar-refractivity contribution in [2.45, 2.75) is 25.2 Å². The normalized spacial score (nSPS) is 10.7. The van der Waals surface area contributed by atoms with E-state index >= 15 is 0 Å². The van der Waals surface area contributed by atoms with Crippen LogP contribution in [0.25, 0.3) is 0 Å². The van der Waals surface area contributed by atoms with Crippen LogP contribution in [-0.4, -0.2) is 27.5 Å². The van der Waals surface area contributed by atoms with Gasteiger partial charge in [0.1, 0.15) is 5.75 Å². The molecule has 5 heteroatoms. The molecule has 0 unspecified atom stereocenters. The summed E-state index contributed by atoms with van der Waals surface area (Å²) >= 11 is 1.68. The van der Waals surface area contributed by atoms with Gasteiger partial charge in [0.05, 0.1) is 25.6 Å². The first-order valence-corrected chi connectivity index (χ1v) is 7.18. The number of nitrogens with zero attached hydrogens (tertiary/aromatic N) is 2. The van der Waals surface area contributed by atoms with Gasteiger partial charge in [-0.25, -0.2) is 4.98 Å². The molecule has 0 amide bonds. The predicted molar refractivity (Wildman–Crippen MR) is 76.6 cm³/mol. The van der Waals surface area contributed by atoms with Crippen LogP contribution in [0.2, 0.25) is 0 Å². The van der Waals surface area contributed by atoms with Gasteiger partial charge in [-0.05, 0) is 23.4 Å². The van der Waals surface area contributed by atoms with Crippen LogP contribution in [0.1, 0.15) is 18.2 Å². The van der Waals surface area contributed by atoms with E-state index in [1.54, 1.807) is 25.1 Å². The highest BCUT2D eigenvalue weighted by atomic mass is 32.2. The van der Waals surface area contributed by atoms with Gasteiger partial charge in [-0.1, -0.05) is 30.8 Å². The minimum atomic E-state index is 0.00737. The summed E-state index contributed by atoms with van der Waals surface area (Å²) in [5.41, 5.74) is 2.00. The van der Waals surface area contributed by atoms with E-state index < -0.39 is 0 Å². The predicted octanol–water partition coefficient (Wildman–Crippen LogP) is 2.54. The van der Waals surface area contributed by atoms with Gasteiger partial charge in [0.25, 0.3) is 0 Å². The number of methoxy groups -OCH3 is 1. The maximum atomic E-state index is 9.37. The fourth-order valence-electron chi connectivity index (χ4n) is 1.85. The Hall–Kier alpha value is -1.46. The van der Waals surface area contributed by atoms with Crippen molar-refractivity contribution in [3.8, 4) is 5.75 Å². The van der Waals surface area contributed by atoms with E-state index in [1.807, 2.05) is 24.3 Å². The van der Waals surface area contributed by atoms with Crippen LogP contribution < -0.4 is 4.74 Å². The van der Waals surface area contributed by atoms with Crippen LogP contribution >= 0.6 is 11.8 Å². The van der Waals surface area contributed by atoms with Crippen molar-refractivity contribution in [3.63, 3.8) is 0 Å². The molecule has 0 atom stereocenters. The Kier molecular flexibility index (Phi) is 4.87. The van der Waals surface area contributed by atoms with Crippen molar-refractivity contribution in [3.05, 3.63) is 41.7 Å². The first-order valence-electron chi connectivity index (χ1n) is 6.19. The number of hydrogen-bond acceptors (Lipinski definition) is 4. The van der Waals surface area contributed by atoms with Crippen LogP contribution in [0, 0.1) is 0 Å². The summed E-state index contributed by atoms with van der Waals surface area (Å²) < 4.78 is 7.20. The van der Waals surface area contributed by atoms with Gasteiger partial charge in [0.2, 0.25) is 0 Å². The number of aromatic nitrogens is 2. The minimum absolute atomic E-state index is 0.00737. The first kappa shape index (κ1) is 14.0. The third-order valence-electron chi connectivity index (χ3n) is 2.84. The van der Waals surface area contributed by atoms with Crippen molar-refractivity contribution < 1.29 is 9.84 Å². The lowest BCUT2D eigenvalue weighted by Crippen LogP contribution is -2.06. The highest BCUT2D eigenvalue weighted by molar-refractivity contribution is 7.99. The summed E-state index contributed by atoms with van der Waals surface area (Å²) in [6.07, 6.45) is 1.74. The maximum absolute atomic E-state index is 9.37. The molecule has 2 rings (SSSR count). The van der Waals surface area contributed by atoms with E-state index in [9.17, 15) is 5.11 Å². The number of aliphatic hydroxyl groups is 1. The quantitative estimate of drug-likeness (QED) is 0.825. The SMILES string of the molecule is CCSc1ncc(CO)n1Cc1ccc(OC)cc1. The zero-order chi connectivity index (χ0) is 13.7. The van der Waals surface area contributed by atoms with Crippen molar-refractivity contribution in [1.29, 1.82) is 0 Å². The van der Waals surface area contributed by atoms with Crippen LogP contribution in [-0.2, 0) is 13.2 Å². The fraction of sp³-hybridized carbons (Fsp3) is 0.357. The second-order valence-electron chi connectivity index (χ2n) is 4.06. The number of thioether (sulfide) groups is 1. The number of rotatable bonds is 6. The Morgan fingerprint density at radius 2 is 2.05 bits per heavy atom. The molecule has 0 aliphatic carbocycles. The summed E-state index contributed by atoms with van der Waals surface area (Å²) in [7, 11) is 1.66. The zero-order valence-corrected chi connectivity index (χ0v) is 12.0. The second kappa shape index (κ2) is 6.63. The molecule has 0 saturated heterocycles. The van der Waals surface area contributed by atoms with Crippen molar-refractivity contribution in [2.24, 2.45) is 0 Å². The molecule has 1 N–H and O–H groups in total. The molecular formula is C14H18N2O2S. The maximum Gasteiger partial charge on any atom is 0.168 e. The summed E-state index contributed by atoms with van der Waals surface area (Å²) in [5, 5.41) is 10.3. The van der Waals surface area contributed by atoms with Gasteiger partial charge in [-0.3, -0.25) is 0 Å². The molecule has 0 radical (unpaired) electrons. The molecule has 0 bridgehead atoms. The van der Waals surface area contributed by atoms with E-state index in [2.05, 4.69) is 16.5 Å². The third kappa shape index (κ3) is 3.30. The molecule has 0 aliphatic rings. The van der Waals surface area contributed by atoms with Crippen LogP contribution in [0.3, 0.4) is 0 Å². The molecular weight excluding hydrogens is 260 g/mol. The van der Waals surface area contributed by atoms with E-state index in [4.69, 9.17) is 4.74 Å². The lowest BCUT2D eigenvalue weighted by Gasteiger charge is -2.10. The highest BCUT2D eigenvalue weighted by Gasteiger charge is 2.09. The summed E-state index contributed by atoms with van der Waals surface area (Å²) in [5.74, 6) is 1.81. The number of aliphatic hydroxyl groups excluding tert-OH is 1. The zero-order valence-electron chi connectivity index (χ0n) is 11.2. The standard InChI is InChI=1S/C14H18N2O2S/c1-3-19-14-15-8-12(10-17)16(14)9-11-4-6-13(18-2)7-5-11/h4-8,17H,3,9-10H2,1-2H3. The van der Waals surface area contributed by atoms with Crippen LogP contribution in [0.5, 0.6) is 5.75 Å². The Morgan fingerprint density at radius 1 is 1.32 bits per heavy atom. The summed E-state index contributed by atoms with van der Waals surface area (Å²) in [4.78, 5) is 4.35. The first-order chi connectivity index (χ1) is 9.28. The van der Waals surface area contributed by atoms with Gasteiger partial charge >= 0.3 is 0 Å². The fourth-order valence-corrected chi connectivity index (χ4v) is 2.57. The Labute approximate surface area is 117 Å². The lowest BCUT2D eigenvalue weighted by molar-refractivity contribution is 0.270. The Morgan fingerprint density at radius 3 is 2.63 bits per heavy atom. The number of hydrogen-bond donors (Lipinski definition) is 1. The van der Waals surface area contributed by atoms with E-state index in [0.29, 0.717) is 6.54 Å². The monoisotopic (exact) mass is 278 g/mol. The van der Waals surface area contributed by atoms with Crippen LogP contribution in [0.4, 0.5) is 0 Å². The molecule has 1 heterocycles. The van der Waals surface area contributed by atoms with Crippen molar-refractivity contribution in [2.75, 3.05) is 12.9 Å². The third-order valence-corrected chi connectivity index (χ3v) is 3.71. The van der Waals surface area contributed by atoms with Gasteiger partial charge < -0.3 is 14.4 Å². The second-order valence-corrected chi connectivity index (χ2v) is 5.29.